The number of carbonyl (C=O) groups excluding carboxylic acids is 1. The van der Waals surface area contributed by atoms with E-state index < -0.39 is 0 Å². The molecule has 0 saturated carbocycles. The van der Waals surface area contributed by atoms with Crippen molar-refractivity contribution in [1.29, 1.82) is 0 Å². The number of nitrogens with zero attached hydrogens (tertiary/aromatic N) is 2. The number of nitrogens with one attached hydrogen (secondary N) is 1. The maximum Gasteiger partial charge on any atom is 0.243 e. The highest BCUT2D eigenvalue weighted by Gasteiger charge is 2.25. The van der Waals surface area contributed by atoms with E-state index in [0.717, 1.165) is 40.3 Å². The topological polar surface area (TPSA) is 46.9 Å². The number of para-hydroxylation sites is 2. The Morgan fingerprint density at radius 1 is 1.14 bits per heavy atom. The van der Waals surface area contributed by atoms with Crippen LogP contribution in [0.2, 0.25) is 5.02 Å². The van der Waals surface area contributed by atoms with Crippen LogP contribution >= 0.6 is 11.6 Å². The molecule has 0 aliphatic carbocycles. The number of hydrogen-bond acceptors (Lipinski definition) is 2. The first-order valence-corrected chi connectivity index (χ1v) is 10.4. The summed E-state index contributed by atoms with van der Waals surface area (Å²) in [5.74, 6) is 1.33. The van der Waals surface area contributed by atoms with Crippen LogP contribution in [-0.2, 0) is 11.2 Å². The first-order chi connectivity index (χ1) is 13.5. The Bertz CT molecular complexity index is 948. The largest absolute Gasteiger partial charge is 0.354 e. The number of rotatable bonds is 8. The van der Waals surface area contributed by atoms with Gasteiger partial charge in [0.2, 0.25) is 5.91 Å². The van der Waals surface area contributed by atoms with E-state index in [4.69, 9.17) is 16.6 Å². The summed E-state index contributed by atoms with van der Waals surface area (Å²) in [6, 6.07) is 15.5. The van der Waals surface area contributed by atoms with Crippen molar-refractivity contribution < 1.29 is 4.79 Å². The molecule has 1 amide bonds. The van der Waals surface area contributed by atoms with Gasteiger partial charge < -0.3 is 9.88 Å². The van der Waals surface area contributed by atoms with Crippen molar-refractivity contribution in [1.82, 2.24) is 14.9 Å². The van der Waals surface area contributed by atoms with Crippen LogP contribution in [0.15, 0.2) is 48.5 Å². The van der Waals surface area contributed by atoms with Crippen LogP contribution < -0.4 is 5.32 Å². The minimum Gasteiger partial charge on any atom is -0.354 e. The molecule has 4 nitrogen and oxygen atoms in total. The van der Waals surface area contributed by atoms with E-state index in [1.807, 2.05) is 48.5 Å². The van der Waals surface area contributed by atoms with Crippen molar-refractivity contribution in [3.63, 3.8) is 0 Å². The number of imidazole rings is 1. The van der Waals surface area contributed by atoms with Crippen molar-refractivity contribution in [2.45, 2.75) is 46.1 Å². The van der Waals surface area contributed by atoms with Crippen LogP contribution in [0, 0.1) is 5.92 Å². The van der Waals surface area contributed by atoms with E-state index in [2.05, 4.69) is 30.7 Å². The zero-order chi connectivity index (χ0) is 20.1. The molecule has 0 fully saturated rings. The zero-order valence-corrected chi connectivity index (χ0v) is 17.5. The first-order valence-electron chi connectivity index (χ1n) is 9.98. The van der Waals surface area contributed by atoms with E-state index in [1.165, 1.54) is 0 Å². The van der Waals surface area contributed by atoms with Gasteiger partial charge in [0.1, 0.15) is 11.9 Å². The third-order valence-electron chi connectivity index (χ3n) is 4.84. The Balaban J connectivity index is 2.05. The molecule has 0 spiro atoms. The molecular weight excluding hydrogens is 370 g/mol. The maximum absolute atomic E-state index is 13.1. The number of amides is 1. The van der Waals surface area contributed by atoms with Gasteiger partial charge in [-0.2, -0.15) is 0 Å². The molecule has 0 aliphatic rings. The number of aromatic nitrogens is 2. The smallest absolute Gasteiger partial charge is 0.243 e. The SMILES string of the molecule is CCCC(C(=O)NCC(C)C)n1c(Cc2ccccc2Cl)nc2ccccc21. The fourth-order valence-electron chi connectivity index (χ4n) is 3.45. The van der Waals surface area contributed by atoms with E-state index in [-0.39, 0.29) is 11.9 Å². The Morgan fingerprint density at radius 2 is 1.86 bits per heavy atom. The second-order valence-electron chi connectivity index (χ2n) is 7.60. The van der Waals surface area contributed by atoms with E-state index >= 15 is 0 Å². The fraction of sp³-hybridized carbons (Fsp3) is 0.391. The highest BCUT2D eigenvalue weighted by molar-refractivity contribution is 6.31. The molecule has 1 atom stereocenters. The Kier molecular flexibility index (Phi) is 6.74. The van der Waals surface area contributed by atoms with Crippen LogP contribution in [0.4, 0.5) is 0 Å². The molecule has 1 N–H and O–H groups in total. The third kappa shape index (κ3) is 4.56. The minimum absolute atomic E-state index is 0.0547. The summed E-state index contributed by atoms with van der Waals surface area (Å²) in [4.78, 5) is 17.9. The highest BCUT2D eigenvalue weighted by atomic mass is 35.5. The van der Waals surface area contributed by atoms with Gasteiger partial charge in [0.15, 0.2) is 0 Å². The maximum atomic E-state index is 13.1. The Labute approximate surface area is 171 Å². The van der Waals surface area contributed by atoms with Gasteiger partial charge >= 0.3 is 0 Å². The Morgan fingerprint density at radius 3 is 2.57 bits per heavy atom. The molecule has 1 unspecified atom stereocenters. The third-order valence-corrected chi connectivity index (χ3v) is 5.20. The molecular formula is C23H28ClN3O. The molecule has 0 bridgehead atoms. The first kappa shape index (κ1) is 20.4. The number of hydrogen-bond donors (Lipinski definition) is 1. The molecule has 0 radical (unpaired) electrons. The summed E-state index contributed by atoms with van der Waals surface area (Å²) in [5.41, 5.74) is 2.91. The van der Waals surface area contributed by atoms with Crippen molar-refractivity contribution in [3.8, 4) is 0 Å². The van der Waals surface area contributed by atoms with E-state index in [9.17, 15) is 4.79 Å². The molecule has 148 valence electrons. The molecule has 2 aromatic carbocycles. The quantitative estimate of drug-likeness (QED) is 0.553. The summed E-state index contributed by atoms with van der Waals surface area (Å²) in [6.45, 7) is 6.98. The lowest BCUT2D eigenvalue weighted by atomic mass is 10.1. The lowest BCUT2D eigenvalue weighted by Gasteiger charge is -2.22. The Hall–Kier alpha value is -2.33. The average molecular weight is 398 g/mol. The molecule has 5 heteroatoms. The van der Waals surface area contributed by atoms with Crippen molar-refractivity contribution in [3.05, 3.63) is 64.9 Å². The van der Waals surface area contributed by atoms with Crippen LogP contribution in [0.25, 0.3) is 11.0 Å². The number of halogens is 1. The molecule has 3 rings (SSSR count). The van der Waals surface area contributed by atoms with Gasteiger partial charge in [-0.3, -0.25) is 4.79 Å². The fourth-order valence-corrected chi connectivity index (χ4v) is 3.65. The van der Waals surface area contributed by atoms with Crippen LogP contribution in [-0.4, -0.2) is 22.0 Å². The minimum atomic E-state index is -0.284. The van der Waals surface area contributed by atoms with Gasteiger partial charge in [0, 0.05) is 18.0 Å². The summed E-state index contributed by atoms with van der Waals surface area (Å²) in [5, 5.41) is 3.83. The van der Waals surface area contributed by atoms with Crippen LogP contribution in [0.1, 0.15) is 51.0 Å². The van der Waals surface area contributed by atoms with E-state index in [0.29, 0.717) is 18.9 Å². The average Bonchev–Trinajstić information content (AvgIpc) is 3.03. The van der Waals surface area contributed by atoms with Gasteiger partial charge in [-0.1, -0.05) is 69.1 Å². The lowest BCUT2D eigenvalue weighted by Crippen LogP contribution is -2.35. The summed E-state index contributed by atoms with van der Waals surface area (Å²) >= 11 is 6.40. The molecule has 0 aliphatic heterocycles. The predicted molar refractivity (Wildman–Crippen MR) is 116 cm³/mol. The number of benzene rings is 2. The monoisotopic (exact) mass is 397 g/mol. The van der Waals surface area contributed by atoms with Gasteiger partial charge in [0.25, 0.3) is 0 Å². The van der Waals surface area contributed by atoms with E-state index in [1.54, 1.807) is 0 Å². The molecule has 1 aromatic heterocycles. The van der Waals surface area contributed by atoms with Gasteiger partial charge in [-0.15, -0.1) is 0 Å². The highest BCUT2D eigenvalue weighted by Crippen LogP contribution is 2.27. The van der Waals surface area contributed by atoms with Crippen molar-refractivity contribution in [2.24, 2.45) is 5.92 Å². The number of fused-ring (bicyclic) bond motifs is 1. The summed E-state index contributed by atoms with van der Waals surface area (Å²) < 4.78 is 2.11. The van der Waals surface area contributed by atoms with Crippen LogP contribution in [0.5, 0.6) is 0 Å². The molecule has 0 saturated heterocycles. The van der Waals surface area contributed by atoms with Gasteiger partial charge in [-0.25, -0.2) is 4.98 Å². The summed E-state index contributed by atoms with van der Waals surface area (Å²) in [6.07, 6.45) is 2.27. The normalized spacial score (nSPS) is 12.5. The van der Waals surface area contributed by atoms with Crippen LogP contribution in [0.3, 0.4) is 0 Å². The van der Waals surface area contributed by atoms with Gasteiger partial charge in [0.05, 0.1) is 11.0 Å². The standard InChI is InChI=1S/C23H28ClN3O/c1-4-9-21(23(28)25-15-16(2)3)27-20-13-8-7-12-19(20)26-22(27)14-17-10-5-6-11-18(17)24/h5-8,10-13,16,21H,4,9,14-15H2,1-3H3,(H,25,28). The predicted octanol–water partition coefficient (Wildman–Crippen LogP) is 5.39. The van der Waals surface area contributed by atoms with Crippen molar-refractivity contribution >= 4 is 28.5 Å². The lowest BCUT2D eigenvalue weighted by molar-refractivity contribution is -0.124. The molecule has 3 aromatic rings. The molecule has 28 heavy (non-hydrogen) atoms. The summed E-state index contributed by atoms with van der Waals surface area (Å²) in [7, 11) is 0. The second kappa shape index (κ2) is 9.24. The van der Waals surface area contributed by atoms with Crippen molar-refractivity contribution in [2.75, 3.05) is 6.54 Å². The van der Waals surface area contributed by atoms with Gasteiger partial charge in [-0.05, 0) is 36.1 Å². The number of carbonyl (C=O) groups is 1. The molecule has 1 heterocycles. The second-order valence-corrected chi connectivity index (χ2v) is 8.01. The zero-order valence-electron chi connectivity index (χ0n) is 16.8.